The molecule has 3 atom stereocenters. The molecule has 3 unspecified atom stereocenters. The lowest BCUT2D eigenvalue weighted by molar-refractivity contribution is -0.135. The van der Waals surface area contributed by atoms with Crippen molar-refractivity contribution in [2.45, 2.75) is 64.0 Å². The van der Waals surface area contributed by atoms with E-state index in [9.17, 15) is 4.79 Å². The van der Waals surface area contributed by atoms with Crippen LogP contribution in [0.15, 0.2) is 0 Å². The van der Waals surface area contributed by atoms with Gasteiger partial charge in [-0.15, -0.1) is 12.4 Å². The molecule has 0 aromatic carbocycles. The summed E-state index contributed by atoms with van der Waals surface area (Å²) in [5.41, 5.74) is 5.91. The minimum Gasteiger partial charge on any atom is -0.378 e. The van der Waals surface area contributed by atoms with Gasteiger partial charge in [-0.1, -0.05) is 6.92 Å². The van der Waals surface area contributed by atoms with Gasteiger partial charge in [-0.25, -0.2) is 0 Å². The van der Waals surface area contributed by atoms with Crippen molar-refractivity contribution in [1.29, 1.82) is 0 Å². The quantitative estimate of drug-likeness (QED) is 0.867. The summed E-state index contributed by atoms with van der Waals surface area (Å²) < 4.78 is 5.82. The zero-order chi connectivity index (χ0) is 13.7. The van der Waals surface area contributed by atoms with E-state index in [-0.39, 0.29) is 24.4 Å². The van der Waals surface area contributed by atoms with Crippen LogP contribution in [-0.2, 0) is 9.53 Å². The van der Waals surface area contributed by atoms with Crippen LogP contribution in [0.5, 0.6) is 0 Å². The minimum absolute atomic E-state index is 0. The van der Waals surface area contributed by atoms with Gasteiger partial charge in [0.1, 0.15) is 0 Å². The first-order valence-electron chi connectivity index (χ1n) is 7.86. The number of amides is 1. The predicted molar refractivity (Wildman–Crippen MR) is 83.0 cm³/mol. The predicted octanol–water partition coefficient (Wildman–Crippen LogP) is 2.34. The van der Waals surface area contributed by atoms with E-state index in [1.54, 1.807) is 0 Å². The Kier molecular flexibility index (Phi) is 7.85. The molecular formula is C15H29ClN2O2. The molecule has 0 aromatic heterocycles. The van der Waals surface area contributed by atoms with E-state index in [4.69, 9.17) is 10.5 Å². The van der Waals surface area contributed by atoms with Crippen LogP contribution in [0.2, 0.25) is 0 Å². The van der Waals surface area contributed by atoms with Crippen LogP contribution < -0.4 is 5.73 Å². The van der Waals surface area contributed by atoms with Gasteiger partial charge in [-0.05, 0) is 44.9 Å². The first kappa shape index (κ1) is 17.7. The number of halogens is 1. The average molecular weight is 305 g/mol. The topological polar surface area (TPSA) is 55.6 Å². The largest absolute Gasteiger partial charge is 0.378 e. The zero-order valence-electron chi connectivity index (χ0n) is 12.6. The van der Waals surface area contributed by atoms with Crippen molar-refractivity contribution < 1.29 is 9.53 Å². The van der Waals surface area contributed by atoms with E-state index >= 15 is 0 Å². The molecule has 0 aromatic rings. The van der Waals surface area contributed by atoms with Gasteiger partial charge in [0.25, 0.3) is 0 Å². The Hall–Kier alpha value is -0.320. The Balaban J connectivity index is 0.00000200. The first-order valence-corrected chi connectivity index (χ1v) is 7.86. The molecule has 1 aliphatic heterocycles. The summed E-state index contributed by atoms with van der Waals surface area (Å²) >= 11 is 0. The number of hydrogen-bond donors (Lipinski definition) is 1. The highest BCUT2D eigenvalue weighted by molar-refractivity contribution is 5.85. The summed E-state index contributed by atoms with van der Waals surface area (Å²) in [6.07, 6.45) is 7.43. The summed E-state index contributed by atoms with van der Waals surface area (Å²) in [7, 11) is 0. The van der Waals surface area contributed by atoms with Gasteiger partial charge in [-0.3, -0.25) is 4.79 Å². The van der Waals surface area contributed by atoms with Crippen LogP contribution in [0.4, 0.5) is 0 Å². The molecule has 1 amide bonds. The highest BCUT2D eigenvalue weighted by Crippen LogP contribution is 2.27. The molecule has 118 valence electrons. The van der Waals surface area contributed by atoms with E-state index in [0.29, 0.717) is 12.0 Å². The SMILES string of the molecule is CCCOC1CCCN(C(=O)C2CCC(N)C2)CC1.Cl. The number of carbonyl (C=O) groups excluding carboxylic acids is 1. The van der Waals surface area contributed by atoms with E-state index in [0.717, 1.165) is 64.6 Å². The molecule has 5 heteroatoms. The number of rotatable bonds is 4. The first-order chi connectivity index (χ1) is 9.20. The molecule has 2 rings (SSSR count). The Morgan fingerprint density at radius 2 is 2.05 bits per heavy atom. The van der Waals surface area contributed by atoms with Crippen LogP contribution in [0.1, 0.15) is 51.9 Å². The number of hydrogen-bond acceptors (Lipinski definition) is 3. The van der Waals surface area contributed by atoms with Gasteiger partial charge >= 0.3 is 0 Å². The minimum atomic E-state index is 0. The second-order valence-electron chi connectivity index (χ2n) is 6.02. The number of nitrogens with two attached hydrogens (primary N) is 1. The maximum atomic E-state index is 12.4. The molecular weight excluding hydrogens is 276 g/mol. The number of likely N-dealkylation sites (tertiary alicyclic amines) is 1. The van der Waals surface area contributed by atoms with Crippen molar-refractivity contribution in [3.63, 3.8) is 0 Å². The molecule has 1 heterocycles. The van der Waals surface area contributed by atoms with Crippen molar-refractivity contribution in [3.8, 4) is 0 Å². The summed E-state index contributed by atoms with van der Waals surface area (Å²) in [6.45, 7) is 4.74. The second-order valence-corrected chi connectivity index (χ2v) is 6.02. The van der Waals surface area contributed by atoms with Gasteiger partial charge < -0.3 is 15.4 Å². The number of carbonyl (C=O) groups is 1. The lowest BCUT2D eigenvalue weighted by atomic mass is 10.1. The van der Waals surface area contributed by atoms with Gasteiger partial charge in [0.05, 0.1) is 6.10 Å². The van der Waals surface area contributed by atoms with Gasteiger partial charge in [0.2, 0.25) is 5.91 Å². The third kappa shape index (κ3) is 4.90. The average Bonchev–Trinajstić information content (AvgIpc) is 2.71. The summed E-state index contributed by atoms with van der Waals surface area (Å²) in [5.74, 6) is 0.521. The fraction of sp³-hybridized carbons (Fsp3) is 0.933. The van der Waals surface area contributed by atoms with Crippen molar-refractivity contribution in [1.82, 2.24) is 4.90 Å². The lowest BCUT2D eigenvalue weighted by Gasteiger charge is -2.24. The van der Waals surface area contributed by atoms with Crippen molar-refractivity contribution in [3.05, 3.63) is 0 Å². The van der Waals surface area contributed by atoms with Crippen LogP contribution in [-0.4, -0.2) is 42.6 Å². The molecule has 0 spiro atoms. The van der Waals surface area contributed by atoms with Gasteiger partial charge in [-0.2, -0.15) is 0 Å². The highest BCUT2D eigenvalue weighted by atomic mass is 35.5. The molecule has 1 saturated carbocycles. The summed E-state index contributed by atoms with van der Waals surface area (Å²) in [6, 6.07) is 0.238. The number of ether oxygens (including phenoxy) is 1. The molecule has 2 fully saturated rings. The maximum absolute atomic E-state index is 12.4. The second kappa shape index (κ2) is 8.85. The maximum Gasteiger partial charge on any atom is 0.225 e. The Morgan fingerprint density at radius 1 is 1.25 bits per heavy atom. The third-order valence-electron chi connectivity index (χ3n) is 4.37. The fourth-order valence-corrected chi connectivity index (χ4v) is 3.24. The van der Waals surface area contributed by atoms with Gasteiger partial charge in [0.15, 0.2) is 0 Å². The Bertz CT molecular complexity index is 302. The van der Waals surface area contributed by atoms with E-state index < -0.39 is 0 Å². The van der Waals surface area contributed by atoms with E-state index in [1.165, 1.54) is 0 Å². The smallest absolute Gasteiger partial charge is 0.225 e. The van der Waals surface area contributed by atoms with Crippen LogP contribution in [0.25, 0.3) is 0 Å². The normalized spacial score (nSPS) is 30.7. The monoisotopic (exact) mass is 304 g/mol. The molecule has 2 N–H and O–H groups in total. The number of nitrogens with zero attached hydrogens (tertiary/aromatic N) is 1. The van der Waals surface area contributed by atoms with Crippen LogP contribution in [0, 0.1) is 5.92 Å². The molecule has 2 aliphatic rings. The zero-order valence-corrected chi connectivity index (χ0v) is 13.4. The molecule has 1 saturated heterocycles. The third-order valence-corrected chi connectivity index (χ3v) is 4.37. The van der Waals surface area contributed by atoms with Crippen molar-refractivity contribution in [2.24, 2.45) is 11.7 Å². The molecule has 0 bridgehead atoms. The standard InChI is InChI=1S/C15H28N2O2.ClH/c1-2-10-19-14-4-3-8-17(9-7-14)15(18)12-5-6-13(16)11-12;/h12-14H,2-11,16H2,1H3;1H. The molecule has 0 radical (unpaired) electrons. The summed E-state index contributed by atoms with van der Waals surface area (Å²) in [4.78, 5) is 14.5. The molecule has 1 aliphatic carbocycles. The van der Waals surface area contributed by atoms with Crippen LogP contribution >= 0.6 is 12.4 Å². The summed E-state index contributed by atoms with van der Waals surface area (Å²) in [5, 5.41) is 0. The highest BCUT2D eigenvalue weighted by Gasteiger charge is 2.31. The van der Waals surface area contributed by atoms with Crippen molar-refractivity contribution >= 4 is 18.3 Å². The fourth-order valence-electron chi connectivity index (χ4n) is 3.24. The lowest BCUT2D eigenvalue weighted by Crippen LogP contribution is -2.36. The Labute approximate surface area is 128 Å². The van der Waals surface area contributed by atoms with Crippen molar-refractivity contribution in [2.75, 3.05) is 19.7 Å². The van der Waals surface area contributed by atoms with E-state index in [2.05, 4.69) is 11.8 Å². The molecule has 20 heavy (non-hydrogen) atoms. The van der Waals surface area contributed by atoms with E-state index in [1.807, 2.05) is 0 Å². The Morgan fingerprint density at radius 3 is 2.70 bits per heavy atom. The van der Waals surface area contributed by atoms with Crippen LogP contribution in [0.3, 0.4) is 0 Å². The molecule has 4 nitrogen and oxygen atoms in total. The van der Waals surface area contributed by atoms with Gasteiger partial charge in [0, 0.05) is 31.7 Å².